The lowest BCUT2D eigenvalue weighted by Crippen LogP contribution is -2.47. The molecule has 0 spiro atoms. The number of amides is 1. The predicted octanol–water partition coefficient (Wildman–Crippen LogP) is 4.89. The minimum absolute atomic E-state index is 0.0583. The molecule has 33 heavy (non-hydrogen) atoms. The van der Waals surface area contributed by atoms with Gasteiger partial charge in [0.15, 0.2) is 0 Å². The number of ether oxygens (including phenoxy) is 1. The largest absolute Gasteiger partial charge is 0.496 e. The zero-order chi connectivity index (χ0) is 23.0. The summed E-state index contributed by atoms with van der Waals surface area (Å²) in [7, 11) is 1.67. The number of fused-ring (bicyclic) bond motifs is 1. The lowest BCUT2D eigenvalue weighted by atomic mass is 9.79. The van der Waals surface area contributed by atoms with Crippen molar-refractivity contribution in [2.24, 2.45) is 0 Å². The van der Waals surface area contributed by atoms with Gasteiger partial charge in [0, 0.05) is 59.5 Å². The van der Waals surface area contributed by atoms with Crippen LogP contribution in [0.3, 0.4) is 0 Å². The summed E-state index contributed by atoms with van der Waals surface area (Å²) in [5.74, 6) is 1.89. The zero-order valence-electron chi connectivity index (χ0n) is 19.2. The van der Waals surface area contributed by atoms with Gasteiger partial charge in [0.1, 0.15) is 16.4 Å². The fourth-order valence-corrected chi connectivity index (χ4v) is 5.92. The van der Waals surface area contributed by atoms with Gasteiger partial charge in [0.2, 0.25) is 0 Å². The third kappa shape index (κ3) is 4.02. The highest BCUT2D eigenvalue weighted by molar-refractivity contribution is 7.15. The van der Waals surface area contributed by atoms with E-state index in [0.717, 1.165) is 47.9 Å². The number of pyridine rings is 1. The first-order chi connectivity index (χ1) is 16.0. The van der Waals surface area contributed by atoms with Crippen molar-refractivity contribution >= 4 is 22.1 Å². The SMILES string of the molecule is COc1ccccc1Cc1cc(C(=O)N2CCC[C@](C)(c3nc(C)n4ccsc34)C2)ccn1. The summed E-state index contributed by atoms with van der Waals surface area (Å²) in [6.45, 7) is 5.71. The van der Waals surface area contributed by atoms with Gasteiger partial charge in [-0.3, -0.25) is 14.2 Å². The summed E-state index contributed by atoms with van der Waals surface area (Å²) in [5, 5.41) is 2.10. The van der Waals surface area contributed by atoms with Crippen molar-refractivity contribution in [2.45, 2.75) is 38.5 Å². The lowest BCUT2D eigenvalue weighted by Gasteiger charge is -2.39. The first-order valence-electron chi connectivity index (χ1n) is 11.3. The van der Waals surface area contributed by atoms with Crippen molar-refractivity contribution in [3.63, 3.8) is 0 Å². The molecule has 3 aromatic heterocycles. The third-order valence-electron chi connectivity index (χ3n) is 6.62. The second-order valence-electron chi connectivity index (χ2n) is 9.00. The quantitative estimate of drug-likeness (QED) is 0.425. The smallest absolute Gasteiger partial charge is 0.254 e. The number of likely N-dealkylation sites (tertiary alicyclic amines) is 1. The molecule has 170 valence electrons. The minimum Gasteiger partial charge on any atom is -0.496 e. The monoisotopic (exact) mass is 460 g/mol. The molecule has 5 rings (SSSR count). The van der Waals surface area contributed by atoms with Gasteiger partial charge in [-0.15, -0.1) is 11.3 Å². The molecule has 1 saturated heterocycles. The third-order valence-corrected chi connectivity index (χ3v) is 7.49. The van der Waals surface area contributed by atoms with E-state index in [1.54, 1.807) is 24.6 Å². The van der Waals surface area contributed by atoms with Gasteiger partial charge in [-0.25, -0.2) is 4.98 Å². The zero-order valence-corrected chi connectivity index (χ0v) is 20.1. The molecule has 1 aliphatic heterocycles. The van der Waals surface area contributed by atoms with Crippen LogP contribution in [0.1, 0.15) is 52.9 Å². The van der Waals surface area contributed by atoms with Crippen LogP contribution in [0, 0.1) is 6.92 Å². The Labute approximate surface area is 197 Å². The van der Waals surface area contributed by atoms with E-state index in [4.69, 9.17) is 9.72 Å². The molecule has 0 unspecified atom stereocenters. The van der Waals surface area contributed by atoms with Crippen LogP contribution in [-0.2, 0) is 11.8 Å². The second-order valence-corrected chi connectivity index (χ2v) is 9.90. The molecule has 4 aromatic rings. The molecule has 1 fully saturated rings. The first kappa shape index (κ1) is 21.6. The average molecular weight is 461 g/mol. The molecule has 0 bridgehead atoms. The van der Waals surface area contributed by atoms with Crippen molar-refractivity contribution in [3.8, 4) is 5.75 Å². The second kappa shape index (κ2) is 8.63. The summed E-state index contributed by atoms with van der Waals surface area (Å²) in [5.41, 5.74) is 3.54. The van der Waals surface area contributed by atoms with Crippen LogP contribution >= 0.6 is 11.3 Å². The van der Waals surface area contributed by atoms with Gasteiger partial charge in [0.05, 0.1) is 12.8 Å². The summed E-state index contributed by atoms with van der Waals surface area (Å²) < 4.78 is 7.62. The number of benzene rings is 1. The van der Waals surface area contributed by atoms with Crippen LogP contribution in [0.5, 0.6) is 5.75 Å². The first-order valence-corrected chi connectivity index (χ1v) is 12.2. The number of hydrogen-bond donors (Lipinski definition) is 0. The number of aromatic nitrogens is 3. The van der Waals surface area contributed by atoms with Crippen LogP contribution in [0.15, 0.2) is 54.2 Å². The predicted molar refractivity (Wildman–Crippen MR) is 130 cm³/mol. The average Bonchev–Trinajstić information content (AvgIpc) is 3.43. The normalized spacial score (nSPS) is 18.6. The molecule has 1 atom stereocenters. The van der Waals surface area contributed by atoms with Crippen molar-refractivity contribution in [3.05, 3.63) is 82.5 Å². The number of para-hydroxylation sites is 1. The summed E-state index contributed by atoms with van der Waals surface area (Å²) >= 11 is 1.72. The number of piperidine rings is 1. The fraction of sp³-hybridized carbons (Fsp3) is 0.346. The highest BCUT2D eigenvalue weighted by Gasteiger charge is 2.38. The minimum atomic E-state index is -0.161. The maximum Gasteiger partial charge on any atom is 0.254 e. The molecule has 1 aliphatic rings. The van der Waals surface area contributed by atoms with Crippen LogP contribution in [-0.4, -0.2) is 45.4 Å². The Morgan fingerprint density at radius 1 is 1.27 bits per heavy atom. The van der Waals surface area contributed by atoms with Crippen molar-refractivity contribution in [1.29, 1.82) is 0 Å². The van der Waals surface area contributed by atoms with E-state index in [-0.39, 0.29) is 11.3 Å². The molecule has 1 aromatic carbocycles. The van der Waals surface area contributed by atoms with Gasteiger partial charge < -0.3 is 9.64 Å². The Hall–Kier alpha value is -3.19. The number of thiazole rings is 1. The van der Waals surface area contributed by atoms with E-state index < -0.39 is 0 Å². The van der Waals surface area contributed by atoms with Crippen molar-refractivity contribution in [2.75, 3.05) is 20.2 Å². The Balaban J connectivity index is 1.38. The number of aryl methyl sites for hydroxylation is 1. The molecule has 0 radical (unpaired) electrons. The summed E-state index contributed by atoms with van der Waals surface area (Å²) in [6, 6.07) is 11.7. The van der Waals surface area contributed by atoms with E-state index in [2.05, 4.69) is 27.9 Å². The molecule has 0 aliphatic carbocycles. The maximum atomic E-state index is 13.5. The van der Waals surface area contributed by atoms with Crippen molar-refractivity contribution < 1.29 is 9.53 Å². The number of nitrogens with zero attached hydrogens (tertiary/aromatic N) is 4. The van der Waals surface area contributed by atoms with Gasteiger partial charge >= 0.3 is 0 Å². The number of methoxy groups -OCH3 is 1. The van der Waals surface area contributed by atoms with Gasteiger partial charge in [0.25, 0.3) is 5.91 Å². The number of carbonyl (C=O) groups is 1. The molecule has 0 N–H and O–H groups in total. The van der Waals surface area contributed by atoms with Gasteiger partial charge in [-0.1, -0.05) is 25.1 Å². The Morgan fingerprint density at radius 3 is 2.97 bits per heavy atom. The van der Waals surface area contributed by atoms with Crippen LogP contribution in [0.2, 0.25) is 0 Å². The molecule has 7 heteroatoms. The number of carbonyl (C=O) groups excluding carboxylic acids is 1. The van der Waals surface area contributed by atoms with Crippen LogP contribution in [0.25, 0.3) is 4.83 Å². The Bertz CT molecular complexity index is 1310. The van der Waals surface area contributed by atoms with E-state index in [1.165, 1.54) is 4.83 Å². The summed E-state index contributed by atoms with van der Waals surface area (Å²) in [4.78, 5) is 26.1. The van der Waals surface area contributed by atoms with E-state index in [1.807, 2.05) is 48.2 Å². The van der Waals surface area contributed by atoms with E-state index in [0.29, 0.717) is 18.5 Å². The fourth-order valence-electron chi connectivity index (χ4n) is 4.90. The van der Waals surface area contributed by atoms with Gasteiger partial charge in [-0.05, 0) is 38.0 Å². The van der Waals surface area contributed by atoms with E-state index in [9.17, 15) is 4.79 Å². The van der Waals surface area contributed by atoms with Crippen LogP contribution < -0.4 is 4.74 Å². The lowest BCUT2D eigenvalue weighted by molar-refractivity contribution is 0.0649. The Kier molecular flexibility index (Phi) is 5.66. The molecular formula is C26H28N4O2S. The number of hydrogen-bond acceptors (Lipinski definition) is 5. The van der Waals surface area contributed by atoms with Crippen LogP contribution in [0.4, 0.5) is 0 Å². The number of rotatable bonds is 5. The number of imidazole rings is 1. The van der Waals surface area contributed by atoms with E-state index >= 15 is 0 Å². The molecule has 6 nitrogen and oxygen atoms in total. The molecule has 1 amide bonds. The summed E-state index contributed by atoms with van der Waals surface area (Å²) in [6.07, 6.45) is 6.41. The molecule has 4 heterocycles. The highest BCUT2D eigenvalue weighted by Crippen LogP contribution is 2.37. The standard InChI is InChI=1S/C26H28N4O2S/c1-18-28-23(25-30(18)13-14-33-25)26(2)10-6-12-29(17-26)24(31)20-9-11-27-21(16-20)15-19-7-4-5-8-22(19)32-3/h4-5,7-9,11,13-14,16H,6,10,12,15,17H2,1-3H3/t26-/m0/s1. The highest BCUT2D eigenvalue weighted by atomic mass is 32.1. The topological polar surface area (TPSA) is 59.7 Å². The van der Waals surface area contributed by atoms with Gasteiger partial charge in [-0.2, -0.15) is 0 Å². The molecular weight excluding hydrogens is 432 g/mol. The maximum absolute atomic E-state index is 13.5. The van der Waals surface area contributed by atoms with Crippen molar-refractivity contribution in [1.82, 2.24) is 19.3 Å². The Morgan fingerprint density at radius 2 is 2.12 bits per heavy atom. The molecule has 0 saturated carbocycles.